The molecular formula is C20H22O. The molecule has 1 aliphatic rings. The maximum absolute atomic E-state index is 11.0. The summed E-state index contributed by atoms with van der Waals surface area (Å²) >= 11 is 0. The maximum atomic E-state index is 11.0. The fraction of sp³-hybridized carbons (Fsp3) is 0.300. The number of hydrogen-bond donors (Lipinski definition) is 1. The molecule has 0 amide bonds. The molecule has 3 atom stereocenters. The summed E-state index contributed by atoms with van der Waals surface area (Å²) < 4.78 is 0. The van der Waals surface area contributed by atoms with Gasteiger partial charge in [0.15, 0.2) is 0 Å². The Kier molecular flexibility index (Phi) is 3.94. The molecule has 1 heteroatoms. The first-order chi connectivity index (χ1) is 10.2. The average Bonchev–Trinajstić information content (AvgIpc) is 2.57. The summed E-state index contributed by atoms with van der Waals surface area (Å²) in [7, 11) is 0. The van der Waals surface area contributed by atoms with Gasteiger partial charge in [-0.3, -0.25) is 0 Å². The monoisotopic (exact) mass is 278 g/mol. The van der Waals surface area contributed by atoms with Crippen LogP contribution in [0.1, 0.15) is 36.8 Å². The smallest absolute Gasteiger partial charge is 0.0931 e. The quantitative estimate of drug-likeness (QED) is 0.811. The Hall–Kier alpha value is -1.86. The summed E-state index contributed by atoms with van der Waals surface area (Å²) in [5.74, 6) is 0.648. The van der Waals surface area contributed by atoms with Crippen molar-refractivity contribution in [1.82, 2.24) is 0 Å². The van der Waals surface area contributed by atoms with E-state index < -0.39 is 5.60 Å². The molecule has 108 valence electrons. The van der Waals surface area contributed by atoms with E-state index in [9.17, 15) is 5.11 Å². The highest BCUT2D eigenvalue weighted by Gasteiger charge is 2.35. The SMILES string of the molecule is C[C@](O)(c1ccccc1)[C@H]1C=CC[C@@H](c2ccccc2)C1. The number of allylic oxidation sites excluding steroid dienone is 1. The summed E-state index contributed by atoms with van der Waals surface area (Å²) in [5.41, 5.74) is 1.55. The van der Waals surface area contributed by atoms with Gasteiger partial charge >= 0.3 is 0 Å². The van der Waals surface area contributed by atoms with Crippen LogP contribution in [0, 0.1) is 5.92 Å². The summed E-state index contributed by atoms with van der Waals surface area (Å²) in [4.78, 5) is 0. The molecule has 0 heterocycles. The number of aliphatic hydroxyl groups is 1. The van der Waals surface area contributed by atoms with Crippen molar-refractivity contribution in [2.24, 2.45) is 5.92 Å². The van der Waals surface area contributed by atoms with E-state index in [1.54, 1.807) is 0 Å². The van der Waals surface area contributed by atoms with Crippen molar-refractivity contribution in [3.8, 4) is 0 Å². The van der Waals surface area contributed by atoms with Crippen LogP contribution in [0.4, 0.5) is 0 Å². The van der Waals surface area contributed by atoms with Crippen molar-refractivity contribution in [2.75, 3.05) is 0 Å². The first-order valence-electron chi connectivity index (χ1n) is 7.67. The van der Waals surface area contributed by atoms with Gasteiger partial charge in [0.25, 0.3) is 0 Å². The van der Waals surface area contributed by atoms with Crippen molar-refractivity contribution in [3.05, 3.63) is 83.9 Å². The van der Waals surface area contributed by atoms with E-state index in [4.69, 9.17) is 0 Å². The molecule has 3 rings (SSSR count). The van der Waals surface area contributed by atoms with Gasteiger partial charge in [0, 0.05) is 5.92 Å². The maximum Gasteiger partial charge on any atom is 0.0931 e. The Labute approximate surface area is 127 Å². The molecule has 0 aliphatic heterocycles. The van der Waals surface area contributed by atoms with E-state index in [0.717, 1.165) is 18.4 Å². The van der Waals surface area contributed by atoms with Crippen LogP contribution in [0.3, 0.4) is 0 Å². The topological polar surface area (TPSA) is 20.2 Å². The van der Waals surface area contributed by atoms with E-state index in [-0.39, 0.29) is 5.92 Å². The van der Waals surface area contributed by atoms with E-state index in [0.29, 0.717) is 5.92 Å². The highest BCUT2D eigenvalue weighted by Crippen LogP contribution is 2.41. The van der Waals surface area contributed by atoms with Crippen molar-refractivity contribution in [2.45, 2.75) is 31.3 Å². The highest BCUT2D eigenvalue weighted by molar-refractivity contribution is 5.27. The highest BCUT2D eigenvalue weighted by atomic mass is 16.3. The summed E-state index contributed by atoms with van der Waals surface area (Å²) in [5, 5.41) is 11.0. The lowest BCUT2D eigenvalue weighted by Crippen LogP contribution is -2.33. The standard InChI is InChI=1S/C20H22O/c1-20(21,18-12-6-3-7-13-18)19-14-8-11-17(15-19)16-9-4-2-5-10-16/h2-10,12-14,17,19,21H,11,15H2,1H3/t17-,19+,20+/m1/s1. The van der Waals surface area contributed by atoms with Gasteiger partial charge in [0.05, 0.1) is 5.60 Å². The minimum Gasteiger partial charge on any atom is -0.385 e. The molecule has 0 aromatic heterocycles. The second-order valence-electron chi connectivity index (χ2n) is 6.13. The molecule has 1 nitrogen and oxygen atoms in total. The fourth-order valence-electron chi connectivity index (χ4n) is 3.29. The Bertz CT molecular complexity index is 598. The van der Waals surface area contributed by atoms with Gasteiger partial charge in [-0.05, 0) is 36.8 Å². The Morgan fingerprint density at radius 3 is 2.24 bits per heavy atom. The van der Waals surface area contributed by atoms with Crippen LogP contribution in [0.2, 0.25) is 0 Å². The number of benzene rings is 2. The zero-order valence-corrected chi connectivity index (χ0v) is 12.4. The van der Waals surface area contributed by atoms with E-state index in [1.807, 2.05) is 37.3 Å². The lowest BCUT2D eigenvalue weighted by Gasteiger charge is -2.36. The van der Waals surface area contributed by atoms with Crippen LogP contribution in [0.5, 0.6) is 0 Å². The van der Waals surface area contributed by atoms with Crippen LogP contribution in [0.25, 0.3) is 0 Å². The van der Waals surface area contributed by atoms with Crippen LogP contribution >= 0.6 is 0 Å². The largest absolute Gasteiger partial charge is 0.385 e. The van der Waals surface area contributed by atoms with Gasteiger partial charge in [-0.1, -0.05) is 72.8 Å². The number of rotatable bonds is 3. The lowest BCUT2D eigenvalue weighted by atomic mass is 9.73. The summed E-state index contributed by atoms with van der Waals surface area (Å²) in [6, 6.07) is 20.6. The van der Waals surface area contributed by atoms with E-state index in [2.05, 4.69) is 42.5 Å². The van der Waals surface area contributed by atoms with Crippen LogP contribution in [-0.2, 0) is 5.60 Å². The molecule has 0 saturated carbocycles. The fourth-order valence-corrected chi connectivity index (χ4v) is 3.29. The van der Waals surface area contributed by atoms with Gasteiger partial charge < -0.3 is 5.11 Å². The van der Waals surface area contributed by atoms with Crippen molar-refractivity contribution in [1.29, 1.82) is 0 Å². The molecule has 0 fully saturated rings. The van der Waals surface area contributed by atoms with Crippen LogP contribution < -0.4 is 0 Å². The van der Waals surface area contributed by atoms with Crippen molar-refractivity contribution >= 4 is 0 Å². The lowest BCUT2D eigenvalue weighted by molar-refractivity contribution is 0.00573. The van der Waals surface area contributed by atoms with Gasteiger partial charge in [-0.25, -0.2) is 0 Å². The molecule has 0 spiro atoms. The van der Waals surface area contributed by atoms with Gasteiger partial charge in [-0.2, -0.15) is 0 Å². The third-order valence-corrected chi connectivity index (χ3v) is 4.68. The van der Waals surface area contributed by atoms with E-state index in [1.165, 1.54) is 5.56 Å². The first-order valence-corrected chi connectivity index (χ1v) is 7.67. The molecule has 0 saturated heterocycles. The third kappa shape index (κ3) is 2.93. The van der Waals surface area contributed by atoms with Gasteiger partial charge in [-0.15, -0.1) is 0 Å². The number of hydrogen-bond acceptors (Lipinski definition) is 1. The van der Waals surface area contributed by atoms with Crippen LogP contribution in [-0.4, -0.2) is 5.11 Å². The predicted molar refractivity (Wildman–Crippen MR) is 87.1 cm³/mol. The molecule has 1 aliphatic carbocycles. The van der Waals surface area contributed by atoms with Crippen molar-refractivity contribution < 1.29 is 5.11 Å². The normalized spacial score (nSPS) is 24.5. The zero-order valence-electron chi connectivity index (χ0n) is 12.4. The predicted octanol–water partition coefficient (Wildman–Crippen LogP) is 4.64. The molecule has 2 aromatic carbocycles. The van der Waals surface area contributed by atoms with Gasteiger partial charge in [0.1, 0.15) is 0 Å². The third-order valence-electron chi connectivity index (χ3n) is 4.68. The minimum atomic E-state index is -0.814. The molecule has 2 aromatic rings. The summed E-state index contributed by atoms with van der Waals surface area (Å²) in [6.45, 7) is 1.94. The molecule has 0 radical (unpaired) electrons. The zero-order chi connectivity index (χ0) is 14.7. The van der Waals surface area contributed by atoms with Crippen LogP contribution in [0.15, 0.2) is 72.8 Å². The average molecular weight is 278 g/mol. The molecule has 0 bridgehead atoms. The Balaban J connectivity index is 1.83. The molecule has 1 N–H and O–H groups in total. The van der Waals surface area contributed by atoms with Gasteiger partial charge in [0.2, 0.25) is 0 Å². The second kappa shape index (κ2) is 5.87. The van der Waals surface area contributed by atoms with Crippen molar-refractivity contribution in [3.63, 3.8) is 0 Å². The Morgan fingerprint density at radius 1 is 0.952 bits per heavy atom. The second-order valence-corrected chi connectivity index (χ2v) is 6.13. The van der Waals surface area contributed by atoms with E-state index >= 15 is 0 Å². The Morgan fingerprint density at radius 2 is 1.57 bits per heavy atom. The minimum absolute atomic E-state index is 0.152. The molecular weight excluding hydrogens is 256 g/mol. The first kappa shape index (κ1) is 14.1. The molecule has 21 heavy (non-hydrogen) atoms. The molecule has 0 unspecified atom stereocenters. The summed E-state index contributed by atoms with van der Waals surface area (Å²) in [6.07, 6.45) is 6.46.